The molecule has 0 amide bonds. The second-order valence-electron chi connectivity index (χ2n) is 14.7. The Balaban J connectivity index is 1.84. The molecule has 5 aliphatic rings. The van der Waals surface area contributed by atoms with Crippen LogP contribution in [0.5, 0.6) is 0 Å². The number of aliphatic hydroxyl groups is 2. The van der Waals surface area contributed by atoms with E-state index in [2.05, 4.69) is 13.8 Å². The fourth-order valence-corrected chi connectivity index (χ4v) is 9.83. The number of esters is 4. The molecule has 1 aliphatic heterocycles. The summed E-state index contributed by atoms with van der Waals surface area (Å²) in [7, 11) is 0. The van der Waals surface area contributed by atoms with Gasteiger partial charge in [0.15, 0.2) is 11.9 Å². The Morgan fingerprint density at radius 1 is 0.844 bits per heavy atom. The second-order valence-corrected chi connectivity index (χ2v) is 14.7. The number of ether oxygens (including phenoxy) is 5. The van der Waals surface area contributed by atoms with E-state index in [1.165, 1.54) is 13.8 Å². The van der Waals surface area contributed by atoms with Crippen LogP contribution in [0.2, 0.25) is 0 Å². The van der Waals surface area contributed by atoms with Gasteiger partial charge in [-0.3, -0.25) is 9.59 Å². The lowest BCUT2D eigenvalue weighted by Gasteiger charge is -2.52. The highest BCUT2D eigenvalue weighted by molar-refractivity contribution is 5.88. The Hall–Kier alpha value is -2.76. The van der Waals surface area contributed by atoms with Gasteiger partial charge < -0.3 is 33.9 Å². The quantitative estimate of drug-likeness (QED) is 0.252. The van der Waals surface area contributed by atoms with Crippen LogP contribution in [0.3, 0.4) is 0 Å². The Morgan fingerprint density at radius 2 is 1.42 bits per heavy atom. The maximum atomic E-state index is 13.6. The average Bonchev–Trinajstić information content (AvgIpc) is 3.26. The van der Waals surface area contributed by atoms with E-state index < -0.39 is 89.0 Å². The largest absolute Gasteiger partial charge is 0.462 e. The molecule has 0 spiro atoms. The lowest BCUT2D eigenvalue weighted by Crippen LogP contribution is -2.66. The van der Waals surface area contributed by atoms with E-state index in [0.717, 1.165) is 0 Å². The van der Waals surface area contributed by atoms with Crippen molar-refractivity contribution in [2.45, 2.75) is 124 Å². The molecule has 0 aromatic carbocycles. The molecule has 2 bridgehead atoms. The highest BCUT2D eigenvalue weighted by atomic mass is 16.7. The first-order valence-corrected chi connectivity index (χ1v) is 15.9. The van der Waals surface area contributed by atoms with E-state index in [9.17, 15) is 29.4 Å². The van der Waals surface area contributed by atoms with E-state index in [4.69, 9.17) is 23.7 Å². The minimum Gasteiger partial charge on any atom is -0.462 e. The summed E-state index contributed by atoms with van der Waals surface area (Å²) in [6.45, 7) is 16.8. The Morgan fingerprint density at radius 3 is 1.98 bits per heavy atom. The minimum atomic E-state index is -1.78. The molecule has 13 unspecified atom stereocenters. The number of hydrogen-bond acceptors (Lipinski definition) is 11. The molecule has 250 valence electrons. The van der Waals surface area contributed by atoms with Crippen LogP contribution in [0.1, 0.15) is 82.1 Å². The van der Waals surface area contributed by atoms with Gasteiger partial charge in [0.1, 0.15) is 35.4 Å². The molecule has 4 aliphatic carbocycles. The third kappa shape index (κ3) is 4.54. The normalized spacial score (nSPS) is 46.1. The molecule has 1 heterocycles. The van der Waals surface area contributed by atoms with Gasteiger partial charge in [-0.15, -0.1) is 0 Å². The van der Waals surface area contributed by atoms with Gasteiger partial charge in [-0.2, -0.15) is 0 Å². The van der Waals surface area contributed by atoms with Crippen molar-refractivity contribution in [3.63, 3.8) is 0 Å². The summed E-state index contributed by atoms with van der Waals surface area (Å²) in [6, 6.07) is 0. The third-order valence-electron chi connectivity index (χ3n) is 12.1. The lowest BCUT2D eigenvalue weighted by molar-refractivity contribution is -0.286. The monoisotopic (exact) mass is 632 g/mol. The molecule has 4 saturated carbocycles. The zero-order valence-electron chi connectivity index (χ0n) is 27.9. The first-order valence-electron chi connectivity index (χ1n) is 15.9. The molecule has 1 saturated heterocycles. The number of carbonyl (C=O) groups excluding carboxylic acids is 4. The molecule has 5 fully saturated rings. The van der Waals surface area contributed by atoms with Crippen molar-refractivity contribution in [1.82, 2.24) is 0 Å². The molecule has 0 radical (unpaired) electrons. The van der Waals surface area contributed by atoms with Crippen molar-refractivity contribution in [3.8, 4) is 0 Å². The maximum absolute atomic E-state index is 13.6. The summed E-state index contributed by atoms with van der Waals surface area (Å²) in [5.74, 6) is -5.05. The lowest BCUT2D eigenvalue weighted by atomic mass is 9.56. The predicted molar refractivity (Wildman–Crippen MR) is 159 cm³/mol. The maximum Gasteiger partial charge on any atom is 0.334 e. The van der Waals surface area contributed by atoms with E-state index in [1.807, 2.05) is 6.92 Å². The molecule has 0 aromatic heterocycles. The Kier molecular flexibility index (Phi) is 8.14. The molecule has 2 N–H and O–H groups in total. The number of aliphatic hydroxyl groups excluding tert-OH is 2. The predicted octanol–water partition coefficient (Wildman–Crippen LogP) is 3.39. The van der Waals surface area contributed by atoms with Crippen LogP contribution in [0, 0.1) is 40.4 Å². The topological polar surface area (TPSA) is 155 Å². The summed E-state index contributed by atoms with van der Waals surface area (Å²) >= 11 is 0. The van der Waals surface area contributed by atoms with Crippen LogP contribution in [0.4, 0.5) is 0 Å². The van der Waals surface area contributed by atoms with Gasteiger partial charge in [0, 0.05) is 30.9 Å². The zero-order chi connectivity index (χ0) is 33.6. The second kappa shape index (κ2) is 10.9. The minimum absolute atomic E-state index is 0.0302. The summed E-state index contributed by atoms with van der Waals surface area (Å²) in [5, 5.41) is 24.9. The number of rotatable bonds is 6. The van der Waals surface area contributed by atoms with Gasteiger partial charge in [0.05, 0.1) is 5.92 Å². The van der Waals surface area contributed by atoms with Crippen molar-refractivity contribution in [2.24, 2.45) is 40.4 Å². The van der Waals surface area contributed by atoms with Crippen LogP contribution in [-0.2, 0) is 42.9 Å². The van der Waals surface area contributed by atoms with Gasteiger partial charge in [0.25, 0.3) is 0 Å². The number of hydrogen-bond donors (Lipinski definition) is 2. The highest BCUT2D eigenvalue weighted by Crippen LogP contribution is 2.79. The van der Waals surface area contributed by atoms with Crippen LogP contribution in [-0.4, -0.2) is 76.0 Å². The summed E-state index contributed by atoms with van der Waals surface area (Å²) in [6.07, 6.45) is -3.00. The smallest absolute Gasteiger partial charge is 0.334 e. The molecule has 45 heavy (non-hydrogen) atoms. The molecular formula is C34H48O11. The molecule has 0 aromatic rings. The van der Waals surface area contributed by atoms with E-state index >= 15 is 0 Å². The number of carbonyl (C=O) groups is 4. The van der Waals surface area contributed by atoms with Crippen molar-refractivity contribution in [2.75, 3.05) is 0 Å². The third-order valence-corrected chi connectivity index (χ3v) is 12.1. The van der Waals surface area contributed by atoms with Gasteiger partial charge in [-0.05, 0) is 70.6 Å². The zero-order valence-corrected chi connectivity index (χ0v) is 27.9. The SMILES string of the molecule is CC=C(C)C(=O)OC1CC2C(C3C4(C)OC(O)C13C(OC(C)=O)C1C(OC(C)=O)C(C)CC1(OC(=O)C(C)=CC)C4O)C2(C)C. The van der Waals surface area contributed by atoms with Gasteiger partial charge >= 0.3 is 23.9 Å². The van der Waals surface area contributed by atoms with Crippen molar-refractivity contribution >= 4 is 23.9 Å². The van der Waals surface area contributed by atoms with Crippen LogP contribution in [0.25, 0.3) is 0 Å². The van der Waals surface area contributed by atoms with Crippen LogP contribution in [0.15, 0.2) is 23.3 Å². The van der Waals surface area contributed by atoms with Crippen molar-refractivity contribution in [3.05, 3.63) is 23.3 Å². The fraction of sp³-hybridized carbons (Fsp3) is 0.765. The van der Waals surface area contributed by atoms with E-state index in [-0.39, 0.29) is 29.2 Å². The average molecular weight is 633 g/mol. The molecule has 13 atom stereocenters. The number of allylic oxidation sites excluding steroid dienone is 2. The highest BCUT2D eigenvalue weighted by Gasteiger charge is 2.88. The van der Waals surface area contributed by atoms with E-state index in [0.29, 0.717) is 12.0 Å². The molecule has 5 rings (SSSR count). The van der Waals surface area contributed by atoms with Crippen molar-refractivity contribution < 1.29 is 53.1 Å². The van der Waals surface area contributed by atoms with Gasteiger partial charge in [-0.25, -0.2) is 9.59 Å². The fourth-order valence-electron chi connectivity index (χ4n) is 9.83. The van der Waals surface area contributed by atoms with Gasteiger partial charge in [-0.1, -0.05) is 32.9 Å². The summed E-state index contributed by atoms with van der Waals surface area (Å²) in [5.41, 5.74) is -4.62. The summed E-state index contributed by atoms with van der Waals surface area (Å²) < 4.78 is 31.2. The molecule has 11 heteroatoms. The van der Waals surface area contributed by atoms with Gasteiger partial charge in [0.2, 0.25) is 0 Å². The molecule has 11 nitrogen and oxygen atoms in total. The number of fused-ring (bicyclic) bond motifs is 2. The first-order chi connectivity index (χ1) is 20.9. The standard InChI is InChI=1S/C34H48O11/c1-11-15(3)27(37)43-21-13-20-22(31(20,8)9)25-32(10)29(39)33(44-28(38)16(4)12-2)14-17(5)24(41-18(6)35)23(33)26(42-19(7)36)34(21,25)30(40)45-32/h11-12,17,20-26,29-30,39-40H,13-14H2,1-10H3. The van der Waals surface area contributed by atoms with Crippen molar-refractivity contribution in [1.29, 1.82) is 0 Å². The Labute approximate surface area is 264 Å². The van der Waals surface area contributed by atoms with Crippen LogP contribution >= 0.6 is 0 Å². The molecular weight excluding hydrogens is 584 g/mol. The van der Waals surface area contributed by atoms with E-state index in [1.54, 1.807) is 46.8 Å². The summed E-state index contributed by atoms with van der Waals surface area (Å²) in [4.78, 5) is 52.7. The van der Waals surface area contributed by atoms with Crippen LogP contribution < -0.4 is 0 Å². The first kappa shape index (κ1) is 33.6. The Bertz CT molecular complexity index is 1350.